The second-order valence-corrected chi connectivity index (χ2v) is 6.06. The second-order valence-electron chi connectivity index (χ2n) is 6.06. The number of hydrogen-bond donors (Lipinski definition) is 2. The van der Waals surface area contributed by atoms with Crippen LogP contribution in [0.2, 0.25) is 0 Å². The van der Waals surface area contributed by atoms with E-state index in [1.54, 1.807) is 31.4 Å². The maximum atomic E-state index is 12.6. The van der Waals surface area contributed by atoms with E-state index in [1.807, 2.05) is 30.3 Å². The van der Waals surface area contributed by atoms with Crippen LogP contribution in [0, 0.1) is 0 Å². The van der Waals surface area contributed by atoms with Crippen LogP contribution in [0.5, 0.6) is 5.75 Å². The molecule has 0 unspecified atom stereocenters. The maximum absolute atomic E-state index is 12.6. The number of esters is 1. The summed E-state index contributed by atoms with van der Waals surface area (Å²) >= 11 is 0. The van der Waals surface area contributed by atoms with Crippen LogP contribution in [0.15, 0.2) is 54.6 Å². The zero-order valence-corrected chi connectivity index (χ0v) is 15.9. The van der Waals surface area contributed by atoms with Gasteiger partial charge in [0.15, 0.2) is 0 Å². The minimum Gasteiger partial charge on any atom is -0.497 e. The molecule has 28 heavy (non-hydrogen) atoms. The van der Waals surface area contributed by atoms with Crippen LogP contribution in [-0.2, 0) is 20.7 Å². The molecule has 148 valence electrons. The van der Waals surface area contributed by atoms with Gasteiger partial charge in [-0.05, 0) is 29.8 Å². The highest BCUT2D eigenvalue weighted by Crippen LogP contribution is 2.12. The van der Waals surface area contributed by atoms with Gasteiger partial charge in [-0.1, -0.05) is 30.3 Å². The van der Waals surface area contributed by atoms with Crippen LogP contribution in [0.25, 0.3) is 0 Å². The SMILES string of the molecule is COC(=O)CCNC(=O)[C@@H](Cc1ccccc1)NC(=O)c1ccc(OC)cc1. The van der Waals surface area contributed by atoms with Crippen molar-refractivity contribution in [3.05, 3.63) is 65.7 Å². The molecule has 0 aliphatic carbocycles. The molecule has 2 N–H and O–H groups in total. The first-order valence-corrected chi connectivity index (χ1v) is 8.87. The van der Waals surface area contributed by atoms with E-state index in [4.69, 9.17) is 4.74 Å². The maximum Gasteiger partial charge on any atom is 0.307 e. The molecule has 0 aromatic heterocycles. The topological polar surface area (TPSA) is 93.7 Å². The zero-order valence-electron chi connectivity index (χ0n) is 15.9. The molecule has 2 aromatic rings. The fourth-order valence-electron chi connectivity index (χ4n) is 2.56. The third kappa shape index (κ3) is 6.42. The van der Waals surface area contributed by atoms with Crippen molar-refractivity contribution in [3.8, 4) is 5.75 Å². The summed E-state index contributed by atoms with van der Waals surface area (Å²) in [6.45, 7) is 0.134. The molecule has 2 aromatic carbocycles. The molecule has 0 saturated heterocycles. The standard InChI is InChI=1S/C21H24N2O5/c1-27-17-10-8-16(9-11-17)20(25)23-18(14-15-6-4-3-5-7-15)21(26)22-13-12-19(24)28-2/h3-11,18H,12-14H2,1-2H3,(H,22,26)(H,23,25)/t18-/m1/s1. The van der Waals surface area contributed by atoms with E-state index in [0.29, 0.717) is 17.7 Å². The normalized spacial score (nSPS) is 11.2. The van der Waals surface area contributed by atoms with Crippen LogP contribution in [0.1, 0.15) is 22.3 Å². The van der Waals surface area contributed by atoms with Crippen LogP contribution in [0.3, 0.4) is 0 Å². The number of hydrogen-bond acceptors (Lipinski definition) is 5. The van der Waals surface area contributed by atoms with E-state index >= 15 is 0 Å². The third-order valence-corrected chi connectivity index (χ3v) is 4.11. The largest absolute Gasteiger partial charge is 0.497 e. The van der Waals surface area contributed by atoms with Gasteiger partial charge in [0.25, 0.3) is 5.91 Å². The highest BCUT2D eigenvalue weighted by molar-refractivity contribution is 5.97. The number of carbonyl (C=O) groups excluding carboxylic acids is 3. The Morgan fingerprint density at radius 1 is 0.964 bits per heavy atom. The fourth-order valence-corrected chi connectivity index (χ4v) is 2.56. The molecule has 0 saturated carbocycles. The van der Waals surface area contributed by atoms with Crippen molar-refractivity contribution in [2.45, 2.75) is 18.9 Å². The Kier molecular flexibility index (Phi) is 8.02. The number of methoxy groups -OCH3 is 2. The molecule has 0 radical (unpaired) electrons. The minimum atomic E-state index is -0.783. The molecule has 2 amide bonds. The van der Waals surface area contributed by atoms with Gasteiger partial charge in [-0.15, -0.1) is 0 Å². The first kappa shape index (κ1) is 21.0. The van der Waals surface area contributed by atoms with Crippen molar-refractivity contribution in [2.24, 2.45) is 0 Å². The Balaban J connectivity index is 2.06. The predicted molar refractivity (Wildman–Crippen MR) is 104 cm³/mol. The Labute approximate surface area is 164 Å². The molecule has 0 spiro atoms. The number of amides is 2. The lowest BCUT2D eigenvalue weighted by atomic mass is 10.0. The summed E-state index contributed by atoms with van der Waals surface area (Å²) in [5, 5.41) is 5.43. The number of ether oxygens (including phenoxy) is 2. The Morgan fingerprint density at radius 3 is 2.25 bits per heavy atom. The Morgan fingerprint density at radius 2 is 1.64 bits per heavy atom. The van der Waals surface area contributed by atoms with Gasteiger partial charge in [-0.2, -0.15) is 0 Å². The zero-order chi connectivity index (χ0) is 20.4. The Bertz CT molecular complexity index is 790. The molecule has 0 fully saturated rings. The van der Waals surface area contributed by atoms with Gasteiger partial charge in [0.2, 0.25) is 5.91 Å². The summed E-state index contributed by atoms with van der Waals surface area (Å²) in [4.78, 5) is 36.4. The summed E-state index contributed by atoms with van der Waals surface area (Å²) in [6.07, 6.45) is 0.388. The quantitative estimate of drug-likeness (QED) is 0.642. The molecule has 0 bridgehead atoms. The smallest absolute Gasteiger partial charge is 0.307 e. The molecular weight excluding hydrogens is 360 g/mol. The van der Waals surface area contributed by atoms with E-state index in [1.165, 1.54) is 7.11 Å². The predicted octanol–water partition coefficient (Wildman–Crippen LogP) is 1.72. The summed E-state index contributed by atoms with van der Waals surface area (Å²) in [7, 11) is 2.83. The number of carbonyl (C=O) groups is 3. The molecular formula is C21H24N2O5. The number of rotatable bonds is 9. The van der Waals surface area contributed by atoms with Gasteiger partial charge in [-0.25, -0.2) is 0 Å². The van der Waals surface area contributed by atoms with E-state index < -0.39 is 12.0 Å². The van der Waals surface area contributed by atoms with Crippen LogP contribution in [-0.4, -0.2) is 44.6 Å². The van der Waals surface area contributed by atoms with E-state index in [2.05, 4.69) is 15.4 Å². The van der Waals surface area contributed by atoms with E-state index in [9.17, 15) is 14.4 Å². The summed E-state index contributed by atoms with van der Waals surface area (Å²) in [5.41, 5.74) is 1.33. The second kappa shape index (κ2) is 10.7. The van der Waals surface area contributed by atoms with Crippen LogP contribution >= 0.6 is 0 Å². The first-order valence-electron chi connectivity index (χ1n) is 8.87. The minimum absolute atomic E-state index is 0.0622. The van der Waals surface area contributed by atoms with Crippen molar-refractivity contribution in [1.29, 1.82) is 0 Å². The Hall–Kier alpha value is -3.35. The lowest BCUT2D eigenvalue weighted by Crippen LogP contribution is -2.48. The molecule has 7 nitrogen and oxygen atoms in total. The van der Waals surface area contributed by atoms with Crippen molar-refractivity contribution in [2.75, 3.05) is 20.8 Å². The molecule has 7 heteroatoms. The average Bonchev–Trinajstić information content (AvgIpc) is 2.73. The molecule has 0 aliphatic heterocycles. The summed E-state index contributed by atoms with van der Waals surface area (Å²) in [5.74, 6) is -0.513. The van der Waals surface area contributed by atoms with Gasteiger partial charge in [0.05, 0.1) is 20.6 Å². The van der Waals surface area contributed by atoms with Crippen molar-refractivity contribution < 1.29 is 23.9 Å². The third-order valence-electron chi connectivity index (χ3n) is 4.11. The molecule has 1 atom stereocenters. The van der Waals surface area contributed by atoms with Gasteiger partial charge in [0.1, 0.15) is 11.8 Å². The lowest BCUT2D eigenvalue weighted by molar-refractivity contribution is -0.140. The first-order chi connectivity index (χ1) is 13.5. The van der Waals surface area contributed by atoms with Gasteiger partial charge in [-0.3, -0.25) is 14.4 Å². The average molecular weight is 384 g/mol. The van der Waals surface area contributed by atoms with Gasteiger partial charge in [0, 0.05) is 18.5 Å². The number of nitrogens with one attached hydrogen (secondary N) is 2. The highest BCUT2D eigenvalue weighted by atomic mass is 16.5. The van der Waals surface area contributed by atoms with E-state index in [-0.39, 0.29) is 24.8 Å². The fraction of sp³-hybridized carbons (Fsp3) is 0.286. The van der Waals surface area contributed by atoms with Crippen LogP contribution < -0.4 is 15.4 Å². The highest BCUT2D eigenvalue weighted by Gasteiger charge is 2.22. The molecule has 2 rings (SSSR count). The van der Waals surface area contributed by atoms with Crippen LogP contribution in [0.4, 0.5) is 0 Å². The van der Waals surface area contributed by atoms with E-state index in [0.717, 1.165) is 5.56 Å². The lowest BCUT2D eigenvalue weighted by Gasteiger charge is -2.19. The van der Waals surface area contributed by atoms with Crippen molar-refractivity contribution >= 4 is 17.8 Å². The monoisotopic (exact) mass is 384 g/mol. The van der Waals surface area contributed by atoms with Gasteiger partial charge >= 0.3 is 5.97 Å². The number of benzene rings is 2. The molecule has 0 aliphatic rings. The van der Waals surface area contributed by atoms with Crippen molar-refractivity contribution in [3.63, 3.8) is 0 Å². The van der Waals surface area contributed by atoms with Crippen molar-refractivity contribution in [1.82, 2.24) is 10.6 Å². The molecule has 0 heterocycles. The summed E-state index contributed by atoms with van der Waals surface area (Å²) in [6, 6.07) is 15.2. The van der Waals surface area contributed by atoms with Gasteiger partial charge < -0.3 is 20.1 Å². The summed E-state index contributed by atoms with van der Waals surface area (Å²) < 4.78 is 9.65.